The van der Waals surface area contributed by atoms with Crippen molar-refractivity contribution < 1.29 is 46.5 Å². The van der Waals surface area contributed by atoms with Gasteiger partial charge in [0.2, 0.25) is 0 Å². The van der Waals surface area contributed by atoms with Crippen LogP contribution < -0.4 is 0 Å². The van der Waals surface area contributed by atoms with Gasteiger partial charge in [-0.15, -0.1) is 0 Å². The lowest BCUT2D eigenvalue weighted by Crippen LogP contribution is -2.20. The Hall–Kier alpha value is -4.58. The Morgan fingerprint density at radius 1 is 0.952 bits per heavy atom. The van der Waals surface area contributed by atoms with Crippen LogP contribution in [0.4, 0.5) is 22.0 Å². The molecule has 2 N–H and O–H groups in total. The molecule has 42 heavy (non-hydrogen) atoms. The molecule has 4 aromatic rings. The largest absolute Gasteiger partial charge is 0.481 e. The number of halogens is 6. The number of aromatic carboxylic acids is 1. The maximum Gasteiger partial charge on any atom is 0.417 e. The predicted molar refractivity (Wildman–Crippen MR) is 142 cm³/mol. The second-order valence-electron chi connectivity index (χ2n) is 9.21. The Morgan fingerprint density at radius 3 is 2.19 bits per heavy atom. The maximum atomic E-state index is 14.7. The van der Waals surface area contributed by atoms with Gasteiger partial charge in [-0.1, -0.05) is 29.8 Å². The van der Waals surface area contributed by atoms with Crippen molar-refractivity contribution in [1.29, 1.82) is 0 Å². The lowest BCUT2D eigenvalue weighted by atomic mass is 9.88. The molecule has 0 fully saturated rings. The molecule has 1 aromatic heterocycles. The SMILES string of the molecule is O=C(O)C1CC=C(c2nn(C(=O)c3c(Cl)cccc3C(F)(F)F)c3cccc(F)c23)CC1.O=C(O)c1ccc(F)cc1. The van der Waals surface area contributed by atoms with Crippen LogP contribution in [-0.2, 0) is 11.0 Å². The summed E-state index contributed by atoms with van der Waals surface area (Å²) in [5.74, 6) is -4.85. The molecule has 1 aliphatic carbocycles. The molecular weight excluding hydrogens is 587 g/mol. The van der Waals surface area contributed by atoms with Crippen molar-refractivity contribution in [3.8, 4) is 0 Å². The number of carboxylic acid groups (broad SMARTS) is 2. The third-order valence-corrected chi connectivity index (χ3v) is 6.85. The number of aliphatic carboxylic acids is 1. The normalized spacial score (nSPS) is 15.0. The van der Waals surface area contributed by atoms with Gasteiger partial charge in [-0.2, -0.15) is 23.0 Å². The molecule has 0 spiro atoms. The van der Waals surface area contributed by atoms with Crippen LogP contribution in [0.5, 0.6) is 0 Å². The number of carbonyl (C=O) groups excluding carboxylic acids is 1. The summed E-state index contributed by atoms with van der Waals surface area (Å²) < 4.78 is 68.2. The Kier molecular flexibility index (Phi) is 8.76. The van der Waals surface area contributed by atoms with Gasteiger partial charge in [0, 0.05) is 0 Å². The van der Waals surface area contributed by atoms with Crippen LogP contribution in [0.1, 0.15) is 51.2 Å². The number of carboxylic acids is 2. The van der Waals surface area contributed by atoms with Crippen LogP contribution in [0.25, 0.3) is 16.5 Å². The molecule has 0 saturated carbocycles. The highest BCUT2D eigenvalue weighted by Gasteiger charge is 2.37. The van der Waals surface area contributed by atoms with Gasteiger partial charge < -0.3 is 10.2 Å². The van der Waals surface area contributed by atoms with E-state index in [-0.39, 0.29) is 35.0 Å². The summed E-state index contributed by atoms with van der Waals surface area (Å²) >= 11 is 5.96. The molecule has 1 unspecified atom stereocenters. The first-order valence-corrected chi connectivity index (χ1v) is 12.7. The van der Waals surface area contributed by atoms with E-state index in [0.717, 1.165) is 36.4 Å². The van der Waals surface area contributed by atoms with Crippen LogP contribution in [0, 0.1) is 17.6 Å². The van der Waals surface area contributed by atoms with Crippen molar-refractivity contribution in [2.24, 2.45) is 5.92 Å². The molecule has 1 aliphatic rings. The van der Waals surface area contributed by atoms with Gasteiger partial charge in [0.1, 0.15) is 11.6 Å². The number of rotatable bonds is 4. The van der Waals surface area contributed by atoms with Crippen molar-refractivity contribution in [1.82, 2.24) is 9.78 Å². The number of alkyl halides is 3. The summed E-state index contributed by atoms with van der Waals surface area (Å²) in [6.07, 6.45) is -2.47. The summed E-state index contributed by atoms with van der Waals surface area (Å²) in [5.41, 5.74) is -1.31. The average Bonchev–Trinajstić information content (AvgIpc) is 3.34. The van der Waals surface area contributed by atoms with E-state index >= 15 is 0 Å². The first-order chi connectivity index (χ1) is 19.8. The second kappa shape index (κ2) is 12.1. The standard InChI is InChI=1S/C22H15ClF4N2O3.C7H5FO2/c23-14-4-1-3-13(22(25,26)27)17(14)20(30)29-16-6-2-5-15(24)18(16)19(28-29)11-7-9-12(10-8-11)21(31)32;8-6-3-1-5(2-4-6)7(9)10/h1-7,12H,8-10H2,(H,31,32);1-4H,(H,9,10). The lowest BCUT2D eigenvalue weighted by molar-refractivity contribution is -0.142. The van der Waals surface area contributed by atoms with Gasteiger partial charge in [0.15, 0.2) is 0 Å². The third-order valence-electron chi connectivity index (χ3n) is 6.54. The van der Waals surface area contributed by atoms with Gasteiger partial charge >= 0.3 is 18.1 Å². The molecule has 7 nitrogen and oxygen atoms in total. The lowest BCUT2D eigenvalue weighted by Gasteiger charge is -2.17. The molecule has 0 amide bonds. The number of benzene rings is 3. The van der Waals surface area contributed by atoms with E-state index in [2.05, 4.69) is 5.10 Å². The maximum absolute atomic E-state index is 14.7. The highest BCUT2D eigenvalue weighted by Crippen LogP contribution is 2.38. The highest BCUT2D eigenvalue weighted by molar-refractivity contribution is 6.34. The molecule has 3 aromatic carbocycles. The number of fused-ring (bicyclic) bond motifs is 1. The topological polar surface area (TPSA) is 109 Å². The summed E-state index contributed by atoms with van der Waals surface area (Å²) in [7, 11) is 0. The van der Waals surface area contributed by atoms with Crippen molar-refractivity contribution in [2.45, 2.75) is 25.4 Å². The van der Waals surface area contributed by atoms with E-state index in [1.165, 1.54) is 24.3 Å². The fourth-order valence-corrected chi connectivity index (χ4v) is 4.71. The minimum atomic E-state index is -4.84. The third kappa shape index (κ3) is 6.33. The van der Waals surface area contributed by atoms with Gasteiger partial charge in [-0.3, -0.25) is 9.59 Å². The van der Waals surface area contributed by atoms with Crippen molar-refractivity contribution in [3.05, 3.63) is 106 Å². The first kappa shape index (κ1) is 30.4. The minimum absolute atomic E-state index is 0.0145. The number of allylic oxidation sites excluding steroid dienone is 2. The van der Waals surface area contributed by atoms with E-state index < -0.39 is 57.7 Å². The molecule has 1 atom stereocenters. The molecular formula is C29H20ClF5N2O5. The van der Waals surface area contributed by atoms with Crippen LogP contribution >= 0.6 is 11.6 Å². The molecule has 218 valence electrons. The molecule has 13 heteroatoms. The zero-order valence-electron chi connectivity index (χ0n) is 21.3. The number of nitrogens with zero attached hydrogens (tertiary/aromatic N) is 2. The Bertz CT molecular complexity index is 1710. The predicted octanol–water partition coefficient (Wildman–Crippen LogP) is 7.33. The quantitative estimate of drug-likeness (QED) is 0.236. The summed E-state index contributed by atoms with van der Waals surface area (Å²) in [6.45, 7) is 0. The summed E-state index contributed by atoms with van der Waals surface area (Å²) in [5, 5.41) is 21.3. The molecule has 0 radical (unpaired) electrons. The molecule has 0 saturated heterocycles. The molecule has 0 bridgehead atoms. The van der Waals surface area contributed by atoms with Crippen molar-refractivity contribution >= 4 is 45.9 Å². The highest BCUT2D eigenvalue weighted by atomic mass is 35.5. The Balaban J connectivity index is 0.000000343. The molecule has 5 rings (SSSR count). The summed E-state index contributed by atoms with van der Waals surface area (Å²) in [6, 6.07) is 11.5. The Morgan fingerprint density at radius 2 is 1.62 bits per heavy atom. The average molecular weight is 607 g/mol. The fraction of sp³-hybridized carbons (Fsp3) is 0.172. The molecule has 1 heterocycles. The van der Waals surface area contributed by atoms with Crippen molar-refractivity contribution in [3.63, 3.8) is 0 Å². The van der Waals surface area contributed by atoms with Crippen LogP contribution in [0.2, 0.25) is 5.02 Å². The molecule has 0 aliphatic heterocycles. The monoisotopic (exact) mass is 606 g/mol. The summed E-state index contributed by atoms with van der Waals surface area (Å²) in [4.78, 5) is 34.6. The number of carbonyl (C=O) groups is 3. The number of hydrogen-bond acceptors (Lipinski definition) is 4. The number of aromatic nitrogens is 2. The second-order valence-corrected chi connectivity index (χ2v) is 9.62. The van der Waals surface area contributed by atoms with Gasteiger partial charge in [-0.05, 0) is 73.4 Å². The zero-order valence-corrected chi connectivity index (χ0v) is 22.1. The smallest absolute Gasteiger partial charge is 0.417 e. The number of hydrogen-bond donors (Lipinski definition) is 2. The van der Waals surface area contributed by atoms with Crippen molar-refractivity contribution in [2.75, 3.05) is 0 Å². The van der Waals surface area contributed by atoms with E-state index in [1.54, 1.807) is 6.08 Å². The van der Waals surface area contributed by atoms with Gasteiger partial charge in [-0.25, -0.2) is 13.6 Å². The van der Waals surface area contributed by atoms with Gasteiger partial charge in [0.05, 0.1) is 44.2 Å². The van der Waals surface area contributed by atoms with E-state index in [1.807, 2.05) is 0 Å². The van der Waals surface area contributed by atoms with Gasteiger partial charge in [0.25, 0.3) is 5.91 Å². The van der Waals surface area contributed by atoms with E-state index in [0.29, 0.717) is 16.7 Å². The van der Waals surface area contributed by atoms with Crippen LogP contribution in [0.3, 0.4) is 0 Å². The van der Waals surface area contributed by atoms with E-state index in [4.69, 9.17) is 16.7 Å². The van der Waals surface area contributed by atoms with E-state index in [9.17, 15) is 41.4 Å². The first-order valence-electron chi connectivity index (χ1n) is 12.3. The fourth-order valence-electron chi connectivity index (χ4n) is 4.46. The Labute approximate surface area is 239 Å². The zero-order chi connectivity index (χ0) is 30.8. The van der Waals surface area contributed by atoms with Crippen LogP contribution in [0.15, 0.2) is 66.7 Å². The van der Waals surface area contributed by atoms with Crippen LogP contribution in [-0.4, -0.2) is 37.8 Å². The minimum Gasteiger partial charge on any atom is -0.481 e.